The first-order valence-corrected chi connectivity index (χ1v) is 10.0. The van der Waals surface area contributed by atoms with Gasteiger partial charge in [0.15, 0.2) is 0 Å². The third kappa shape index (κ3) is 4.18. The highest BCUT2D eigenvalue weighted by molar-refractivity contribution is 7.09. The van der Waals surface area contributed by atoms with Crippen LogP contribution in [-0.4, -0.2) is 47.4 Å². The Kier molecular flexibility index (Phi) is 6.18. The molecule has 146 valence electrons. The molecule has 2 aromatic rings. The van der Waals surface area contributed by atoms with Crippen molar-refractivity contribution < 1.29 is 9.18 Å². The quantitative estimate of drug-likeness (QED) is 0.772. The average molecular weight is 410 g/mol. The summed E-state index contributed by atoms with van der Waals surface area (Å²) in [5.74, 6) is 0.875. The van der Waals surface area contributed by atoms with Crippen LogP contribution >= 0.6 is 23.7 Å². The third-order valence-corrected chi connectivity index (χ3v) is 6.52. The summed E-state index contributed by atoms with van der Waals surface area (Å²) in [5.41, 5.74) is 2.03. The van der Waals surface area contributed by atoms with E-state index in [-0.39, 0.29) is 30.2 Å². The van der Waals surface area contributed by atoms with E-state index in [0.717, 1.165) is 35.9 Å². The lowest BCUT2D eigenvalue weighted by Crippen LogP contribution is -2.33. The number of likely N-dealkylation sites (tertiary alicyclic amines) is 2. The average Bonchev–Trinajstić information content (AvgIpc) is 3.26. The van der Waals surface area contributed by atoms with E-state index in [4.69, 9.17) is 0 Å². The van der Waals surface area contributed by atoms with Crippen molar-refractivity contribution in [1.29, 1.82) is 0 Å². The van der Waals surface area contributed by atoms with Crippen LogP contribution in [0.5, 0.6) is 0 Å². The second-order valence-corrected chi connectivity index (χ2v) is 8.58. The lowest BCUT2D eigenvalue weighted by molar-refractivity contribution is -0.130. The molecule has 0 aliphatic carbocycles. The maximum absolute atomic E-state index is 13.7. The molecule has 4 rings (SSSR count). The van der Waals surface area contributed by atoms with Crippen LogP contribution in [0.4, 0.5) is 4.39 Å². The number of thiazole rings is 1. The van der Waals surface area contributed by atoms with Crippen LogP contribution in [0.2, 0.25) is 0 Å². The van der Waals surface area contributed by atoms with Crippen molar-refractivity contribution in [3.05, 3.63) is 51.7 Å². The minimum atomic E-state index is -0.191. The zero-order valence-electron chi connectivity index (χ0n) is 15.6. The molecule has 3 heterocycles. The van der Waals surface area contributed by atoms with E-state index >= 15 is 0 Å². The highest BCUT2D eigenvalue weighted by Crippen LogP contribution is 2.44. The Morgan fingerprint density at radius 1 is 1.33 bits per heavy atom. The summed E-state index contributed by atoms with van der Waals surface area (Å²) >= 11 is 1.63. The minimum Gasteiger partial charge on any atom is -0.342 e. The molecule has 0 N–H and O–H groups in total. The lowest BCUT2D eigenvalue weighted by atomic mass is 9.89. The van der Waals surface area contributed by atoms with Crippen molar-refractivity contribution in [3.8, 4) is 0 Å². The molecule has 0 unspecified atom stereocenters. The van der Waals surface area contributed by atoms with Gasteiger partial charge in [0.05, 0.1) is 10.7 Å². The molecule has 1 aromatic heterocycles. The number of hydrogen-bond acceptors (Lipinski definition) is 4. The van der Waals surface area contributed by atoms with Crippen molar-refractivity contribution in [2.45, 2.75) is 25.8 Å². The van der Waals surface area contributed by atoms with E-state index in [9.17, 15) is 9.18 Å². The second-order valence-electron chi connectivity index (χ2n) is 7.52. The number of rotatable bonds is 4. The standard InChI is InChI=1S/C20H24FN3OS.ClH/c1-13-22-17(12-26-13)6-7-19(25)24-10-15-9-23(2)20(18(15)11-24)14-4-3-5-16(21)8-14;/h3-5,8,12,15,18,20H,6-7,9-11H2,1-2H3;1H/t15-,18+,20-;/m0./s1. The number of aryl methyl sites for hydroxylation is 2. The minimum absolute atomic E-state index is 0. The van der Waals surface area contributed by atoms with E-state index in [1.165, 1.54) is 6.07 Å². The van der Waals surface area contributed by atoms with E-state index < -0.39 is 0 Å². The van der Waals surface area contributed by atoms with Gasteiger partial charge in [0, 0.05) is 43.4 Å². The van der Waals surface area contributed by atoms with Crippen molar-refractivity contribution in [2.24, 2.45) is 11.8 Å². The molecule has 3 atom stereocenters. The Labute approximate surface area is 169 Å². The molecule has 2 fully saturated rings. The summed E-state index contributed by atoms with van der Waals surface area (Å²) < 4.78 is 13.7. The van der Waals surface area contributed by atoms with Gasteiger partial charge in [-0.1, -0.05) is 12.1 Å². The Balaban J connectivity index is 0.00000210. The third-order valence-electron chi connectivity index (χ3n) is 5.70. The first-order chi connectivity index (χ1) is 12.5. The summed E-state index contributed by atoms with van der Waals surface area (Å²) in [7, 11) is 2.10. The number of halogens is 2. The van der Waals surface area contributed by atoms with Crippen LogP contribution in [0.15, 0.2) is 29.6 Å². The van der Waals surface area contributed by atoms with Crippen molar-refractivity contribution in [2.75, 3.05) is 26.7 Å². The Bertz CT molecular complexity index is 814. The van der Waals surface area contributed by atoms with E-state index in [1.807, 2.05) is 23.3 Å². The zero-order chi connectivity index (χ0) is 18.3. The monoisotopic (exact) mass is 409 g/mol. The molecule has 0 spiro atoms. The number of fused-ring (bicyclic) bond motifs is 1. The first-order valence-electron chi connectivity index (χ1n) is 9.16. The number of carbonyl (C=O) groups is 1. The molecule has 1 aromatic carbocycles. The lowest BCUT2D eigenvalue weighted by Gasteiger charge is -2.27. The van der Waals surface area contributed by atoms with Gasteiger partial charge in [-0.05, 0) is 44.0 Å². The Morgan fingerprint density at radius 3 is 2.85 bits per heavy atom. The highest BCUT2D eigenvalue weighted by atomic mass is 35.5. The summed E-state index contributed by atoms with van der Waals surface area (Å²) in [4.78, 5) is 21.4. The van der Waals surface area contributed by atoms with Gasteiger partial charge in [0.2, 0.25) is 5.91 Å². The molecule has 7 heteroatoms. The summed E-state index contributed by atoms with van der Waals surface area (Å²) in [6, 6.07) is 7.09. The number of hydrogen-bond donors (Lipinski definition) is 0. The molecular weight excluding hydrogens is 385 g/mol. The Hall–Kier alpha value is -1.50. The SMILES string of the molecule is Cc1nc(CCC(=O)N2C[C@@H]3CN(C)[C@@H](c4cccc(F)c4)[C@@H]3C2)cs1.Cl. The summed E-state index contributed by atoms with van der Waals surface area (Å²) in [6.07, 6.45) is 1.23. The molecule has 27 heavy (non-hydrogen) atoms. The van der Waals surface area contributed by atoms with Gasteiger partial charge in [-0.25, -0.2) is 9.37 Å². The van der Waals surface area contributed by atoms with Gasteiger partial charge in [0.1, 0.15) is 5.82 Å². The van der Waals surface area contributed by atoms with E-state index in [0.29, 0.717) is 24.7 Å². The molecule has 2 saturated heterocycles. The normalized spacial score (nSPS) is 24.7. The van der Waals surface area contributed by atoms with Crippen LogP contribution in [0, 0.1) is 24.6 Å². The summed E-state index contributed by atoms with van der Waals surface area (Å²) in [6.45, 7) is 4.53. The number of carbonyl (C=O) groups excluding carboxylic acids is 1. The molecule has 1 amide bonds. The fourth-order valence-electron chi connectivity index (χ4n) is 4.57. The maximum atomic E-state index is 13.7. The van der Waals surface area contributed by atoms with Gasteiger partial charge in [0.25, 0.3) is 0 Å². The molecule has 4 nitrogen and oxygen atoms in total. The van der Waals surface area contributed by atoms with E-state index in [2.05, 4.69) is 16.9 Å². The van der Waals surface area contributed by atoms with Crippen LogP contribution in [0.25, 0.3) is 0 Å². The fraction of sp³-hybridized carbons (Fsp3) is 0.500. The largest absolute Gasteiger partial charge is 0.342 e. The number of nitrogens with zero attached hydrogens (tertiary/aromatic N) is 3. The van der Waals surface area contributed by atoms with Crippen LogP contribution in [-0.2, 0) is 11.2 Å². The van der Waals surface area contributed by atoms with Gasteiger partial charge in [-0.3, -0.25) is 9.69 Å². The van der Waals surface area contributed by atoms with E-state index in [1.54, 1.807) is 23.5 Å². The fourth-order valence-corrected chi connectivity index (χ4v) is 5.22. The van der Waals surface area contributed by atoms with Crippen molar-refractivity contribution in [1.82, 2.24) is 14.8 Å². The topological polar surface area (TPSA) is 36.4 Å². The van der Waals surface area contributed by atoms with Crippen molar-refractivity contribution >= 4 is 29.7 Å². The predicted molar refractivity (Wildman–Crippen MR) is 108 cm³/mol. The number of aromatic nitrogens is 1. The highest BCUT2D eigenvalue weighted by Gasteiger charge is 2.47. The molecule has 2 aliphatic heterocycles. The summed E-state index contributed by atoms with van der Waals surface area (Å²) in [5, 5.41) is 3.08. The number of amides is 1. The van der Waals surface area contributed by atoms with Gasteiger partial charge in [-0.2, -0.15) is 0 Å². The second kappa shape index (κ2) is 8.25. The van der Waals surface area contributed by atoms with Crippen LogP contribution in [0.1, 0.15) is 28.7 Å². The Morgan fingerprint density at radius 2 is 2.15 bits per heavy atom. The van der Waals surface area contributed by atoms with Gasteiger partial charge >= 0.3 is 0 Å². The van der Waals surface area contributed by atoms with Crippen molar-refractivity contribution in [3.63, 3.8) is 0 Å². The zero-order valence-corrected chi connectivity index (χ0v) is 17.2. The molecular formula is C20H25ClFN3OS. The molecule has 0 saturated carbocycles. The van der Waals surface area contributed by atoms with Gasteiger partial charge < -0.3 is 4.90 Å². The maximum Gasteiger partial charge on any atom is 0.222 e. The predicted octanol–water partition coefficient (Wildman–Crippen LogP) is 3.71. The molecule has 0 bridgehead atoms. The van der Waals surface area contributed by atoms with Gasteiger partial charge in [-0.15, -0.1) is 23.7 Å². The molecule has 0 radical (unpaired) electrons. The van der Waals surface area contributed by atoms with Crippen LogP contribution < -0.4 is 0 Å². The first kappa shape index (κ1) is 20.2. The number of benzene rings is 1. The smallest absolute Gasteiger partial charge is 0.222 e. The molecule has 2 aliphatic rings. The van der Waals surface area contributed by atoms with Crippen LogP contribution in [0.3, 0.4) is 0 Å².